The Balaban J connectivity index is 1.40. The predicted molar refractivity (Wildman–Crippen MR) is 235 cm³/mol. The van der Waals surface area contributed by atoms with Crippen LogP contribution in [0, 0.1) is 11.8 Å². The molecule has 5 aromatic carbocycles. The molecule has 8 atom stereocenters. The van der Waals surface area contributed by atoms with Crippen LogP contribution in [0.1, 0.15) is 66.0 Å². The van der Waals surface area contributed by atoms with E-state index in [1.54, 1.807) is 92.7 Å². The number of imide groups is 1. The molecule has 0 bridgehead atoms. The lowest BCUT2D eigenvalue weighted by Gasteiger charge is -2.46. The van der Waals surface area contributed by atoms with Crippen LogP contribution < -0.4 is 20.3 Å². The Morgan fingerprint density at radius 3 is 2.08 bits per heavy atom. The van der Waals surface area contributed by atoms with Gasteiger partial charge in [0.2, 0.25) is 11.8 Å². The molecule has 2 saturated heterocycles. The maximum atomic E-state index is 16.3. The molecular weight excluding hydrogens is 817 g/mol. The Hall–Kier alpha value is -6.87. The first-order valence-corrected chi connectivity index (χ1v) is 21.3. The molecule has 3 heterocycles. The molecule has 1 spiro atoms. The summed E-state index contributed by atoms with van der Waals surface area (Å²) in [6, 6.07) is 35.3. The summed E-state index contributed by atoms with van der Waals surface area (Å²) in [7, 11) is 1.20. The standard InChI is InChI=1S/C50H50N4O10/c1-30(2)40(46(58)62-3)52-49(61)53-37-25-14-13-24-36(37)50(48(53)60)39(45(57)51-29-38(56)31-16-7-4-8-17-31)42-47(59)64-43(33-20-11-6-12-21-33)41(32-18-9-5-10-19-32)54(42)44(50)34-22-15-23-35(28-34)63-27-26-55/h4-25,28,30,38-44,55-56H,26-27,29H2,1-3H3,(H,51,57)(H,52,61). The van der Waals surface area contributed by atoms with Gasteiger partial charge in [-0.1, -0.05) is 135 Å². The van der Waals surface area contributed by atoms with E-state index in [1.165, 1.54) is 7.11 Å². The van der Waals surface area contributed by atoms with Gasteiger partial charge in [-0.3, -0.25) is 19.3 Å². The number of fused-ring (bicyclic) bond motifs is 3. The number of nitrogens with zero attached hydrogens (tertiary/aromatic N) is 2. The monoisotopic (exact) mass is 866 g/mol. The molecule has 5 aromatic rings. The van der Waals surface area contributed by atoms with Gasteiger partial charge in [0.05, 0.1) is 43.5 Å². The van der Waals surface area contributed by atoms with Crippen LogP contribution in [-0.4, -0.2) is 83.8 Å². The minimum atomic E-state index is -2.06. The van der Waals surface area contributed by atoms with Crippen LogP contribution in [0.4, 0.5) is 10.5 Å². The SMILES string of the molecule is COC(=O)C(NC(=O)N1C(=O)C2(c3ccccc31)C(C(=O)NCC(O)c1ccccc1)C1C(=O)OC(c3ccccc3)C(c3ccccc3)N1C2c1cccc(OCCO)c1)C(C)C. The van der Waals surface area contributed by atoms with Crippen LogP contribution in [0.5, 0.6) is 5.75 Å². The summed E-state index contributed by atoms with van der Waals surface area (Å²) in [6.45, 7) is 2.85. The lowest BCUT2D eigenvalue weighted by Crippen LogP contribution is -2.58. The van der Waals surface area contributed by atoms with Crippen molar-refractivity contribution < 1.29 is 48.4 Å². The van der Waals surface area contributed by atoms with E-state index in [0.717, 1.165) is 4.90 Å². The fraction of sp³-hybridized carbons (Fsp3) is 0.300. The number of benzene rings is 5. The smallest absolute Gasteiger partial charge is 0.329 e. The quantitative estimate of drug-likeness (QED) is 0.110. The molecule has 8 rings (SSSR count). The number of anilines is 1. The van der Waals surface area contributed by atoms with Gasteiger partial charge in [-0.25, -0.2) is 14.5 Å². The maximum absolute atomic E-state index is 16.3. The number of aliphatic hydroxyl groups is 2. The number of aliphatic hydroxyl groups excluding tert-OH is 2. The summed E-state index contributed by atoms with van der Waals surface area (Å²) in [5.74, 6) is -4.77. The number of carbonyl (C=O) groups excluding carboxylic acids is 5. The first-order valence-electron chi connectivity index (χ1n) is 21.3. The Morgan fingerprint density at radius 1 is 0.797 bits per heavy atom. The molecule has 3 aliphatic heterocycles. The lowest BCUT2D eigenvalue weighted by atomic mass is 9.65. The maximum Gasteiger partial charge on any atom is 0.329 e. The van der Waals surface area contributed by atoms with Crippen LogP contribution in [0.25, 0.3) is 0 Å². The Labute approximate surface area is 370 Å². The van der Waals surface area contributed by atoms with Crippen LogP contribution in [0.15, 0.2) is 140 Å². The van der Waals surface area contributed by atoms with Crippen molar-refractivity contribution in [3.63, 3.8) is 0 Å². The van der Waals surface area contributed by atoms with Gasteiger partial charge < -0.3 is 35.1 Å². The average molecular weight is 867 g/mol. The zero-order valence-corrected chi connectivity index (χ0v) is 35.6. The molecule has 4 amide bonds. The van der Waals surface area contributed by atoms with Gasteiger partial charge in [0.1, 0.15) is 36.0 Å². The fourth-order valence-corrected chi connectivity index (χ4v) is 9.72. The highest BCUT2D eigenvalue weighted by molar-refractivity contribution is 6.25. The topological polar surface area (TPSA) is 184 Å². The van der Waals surface area contributed by atoms with Crippen molar-refractivity contribution >= 4 is 35.5 Å². The molecule has 0 aromatic heterocycles. The van der Waals surface area contributed by atoms with Crippen molar-refractivity contribution in [2.75, 3.05) is 31.8 Å². The van der Waals surface area contributed by atoms with E-state index in [9.17, 15) is 19.8 Å². The first-order chi connectivity index (χ1) is 31.0. The van der Waals surface area contributed by atoms with Gasteiger partial charge in [0, 0.05) is 6.54 Å². The van der Waals surface area contributed by atoms with E-state index in [-0.39, 0.29) is 31.0 Å². The van der Waals surface area contributed by atoms with Gasteiger partial charge in [-0.2, -0.15) is 0 Å². The van der Waals surface area contributed by atoms with Crippen molar-refractivity contribution in [3.8, 4) is 5.75 Å². The second-order valence-electron chi connectivity index (χ2n) is 16.4. The highest BCUT2D eigenvalue weighted by Crippen LogP contribution is 2.66. The molecule has 0 aliphatic carbocycles. The number of nitrogens with one attached hydrogen (secondary N) is 2. The lowest BCUT2D eigenvalue weighted by molar-refractivity contribution is -0.178. The van der Waals surface area contributed by atoms with Crippen molar-refractivity contribution in [3.05, 3.63) is 167 Å². The number of hydrogen-bond donors (Lipinski definition) is 4. The molecule has 330 valence electrons. The van der Waals surface area contributed by atoms with Crippen molar-refractivity contribution in [1.29, 1.82) is 0 Å². The van der Waals surface area contributed by atoms with Gasteiger partial charge in [0.15, 0.2) is 0 Å². The zero-order chi connectivity index (χ0) is 45.1. The third-order valence-corrected chi connectivity index (χ3v) is 12.4. The zero-order valence-electron chi connectivity index (χ0n) is 35.6. The van der Waals surface area contributed by atoms with Crippen molar-refractivity contribution in [2.45, 2.75) is 55.6 Å². The molecule has 14 heteroatoms. The molecule has 14 nitrogen and oxygen atoms in total. The molecular formula is C50H50N4O10. The summed E-state index contributed by atoms with van der Waals surface area (Å²) >= 11 is 0. The molecule has 0 radical (unpaired) electrons. The van der Waals surface area contributed by atoms with Gasteiger partial charge in [-0.05, 0) is 51.9 Å². The van der Waals surface area contributed by atoms with E-state index in [4.69, 9.17) is 14.2 Å². The summed E-state index contributed by atoms with van der Waals surface area (Å²) in [6.07, 6.45) is -2.10. The number of ether oxygens (including phenoxy) is 3. The van der Waals surface area contributed by atoms with Crippen molar-refractivity contribution in [2.24, 2.45) is 11.8 Å². The number of cyclic esters (lactones) is 1. The number of para-hydroxylation sites is 1. The number of morpholine rings is 1. The Bertz CT molecular complexity index is 2510. The summed E-state index contributed by atoms with van der Waals surface area (Å²) < 4.78 is 17.4. The minimum absolute atomic E-state index is 0.0393. The molecule has 3 aliphatic rings. The summed E-state index contributed by atoms with van der Waals surface area (Å²) in [5, 5.41) is 26.7. The molecule has 2 fully saturated rings. The normalized spacial score (nSPS) is 23.5. The van der Waals surface area contributed by atoms with Crippen LogP contribution in [-0.2, 0) is 34.1 Å². The van der Waals surface area contributed by atoms with E-state index >= 15 is 14.4 Å². The number of carbonyl (C=O) groups is 5. The third kappa shape index (κ3) is 7.67. The molecule has 4 N–H and O–H groups in total. The number of hydrogen-bond acceptors (Lipinski definition) is 11. The molecule has 0 saturated carbocycles. The van der Waals surface area contributed by atoms with Crippen LogP contribution >= 0.6 is 0 Å². The first kappa shape index (κ1) is 43.8. The van der Waals surface area contributed by atoms with E-state index in [2.05, 4.69) is 10.6 Å². The largest absolute Gasteiger partial charge is 0.491 e. The fourth-order valence-electron chi connectivity index (χ4n) is 9.72. The highest BCUT2D eigenvalue weighted by atomic mass is 16.6. The second-order valence-corrected chi connectivity index (χ2v) is 16.4. The Morgan fingerprint density at radius 2 is 1.42 bits per heavy atom. The highest BCUT2D eigenvalue weighted by Gasteiger charge is 2.75. The van der Waals surface area contributed by atoms with Crippen molar-refractivity contribution in [1.82, 2.24) is 15.5 Å². The van der Waals surface area contributed by atoms with Gasteiger partial charge >= 0.3 is 18.0 Å². The molecule has 8 unspecified atom stereocenters. The third-order valence-electron chi connectivity index (χ3n) is 12.4. The summed E-state index contributed by atoms with van der Waals surface area (Å²) in [5.41, 5.74) is 0.723. The van der Waals surface area contributed by atoms with Gasteiger partial charge in [-0.15, -0.1) is 0 Å². The molecule has 64 heavy (non-hydrogen) atoms. The average Bonchev–Trinajstić information content (AvgIpc) is 3.78. The van der Waals surface area contributed by atoms with E-state index < -0.39 is 83.4 Å². The predicted octanol–water partition coefficient (Wildman–Crippen LogP) is 5.48. The number of urea groups is 1. The van der Waals surface area contributed by atoms with Crippen LogP contribution in [0.3, 0.4) is 0 Å². The van der Waals surface area contributed by atoms with Gasteiger partial charge in [0.25, 0.3) is 0 Å². The van der Waals surface area contributed by atoms with E-state index in [1.807, 2.05) is 65.6 Å². The Kier molecular flexibility index (Phi) is 12.6. The van der Waals surface area contributed by atoms with E-state index in [0.29, 0.717) is 28.0 Å². The number of amides is 4. The summed E-state index contributed by atoms with van der Waals surface area (Å²) in [4.78, 5) is 77.6. The second kappa shape index (κ2) is 18.5. The minimum Gasteiger partial charge on any atom is -0.491 e. The number of rotatable bonds is 13. The number of methoxy groups -OCH3 is 1. The number of esters is 2. The van der Waals surface area contributed by atoms with Crippen LogP contribution in [0.2, 0.25) is 0 Å².